The molecule has 1 aliphatic carbocycles. The van der Waals surface area contributed by atoms with E-state index < -0.39 is 10.0 Å². The van der Waals surface area contributed by atoms with E-state index >= 15 is 0 Å². The molecule has 3 aromatic rings. The fraction of sp³-hybridized carbons (Fsp3) is 0.308. The van der Waals surface area contributed by atoms with Crippen LogP contribution in [0.25, 0.3) is 0 Å². The monoisotopic (exact) mass is 479 g/mol. The highest BCUT2D eigenvalue weighted by Crippen LogP contribution is 2.22. The summed E-state index contributed by atoms with van der Waals surface area (Å²) in [6.45, 7) is 2.22. The van der Waals surface area contributed by atoms with E-state index in [9.17, 15) is 13.2 Å². The predicted octanol–water partition coefficient (Wildman–Crippen LogP) is 4.37. The first-order chi connectivity index (χ1) is 16.4. The Kier molecular flexibility index (Phi) is 7.59. The third kappa shape index (κ3) is 6.21. The van der Waals surface area contributed by atoms with Crippen LogP contribution in [-0.4, -0.2) is 25.4 Å². The lowest BCUT2D eigenvalue weighted by Crippen LogP contribution is -2.33. The number of sulfonamides is 1. The summed E-state index contributed by atoms with van der Waals surface area (Å²) in [7, 11) is -3.67. The number of aromatic nitrogens is 1. The van der Waals surface area contributed by atoms with Crippen molar-refractivity contribution in [1.82, 2.24) is 15.0 Å². The van der Waals surface area contributed by atoms with Gasteiger partial charge in [-0.25, -0.2) is 13.1 Å². The van der Waals surface area contributed by atoms with Crippen LogP contribution in [-0.2, 0) is 16.6 Å². The zero-order valence-electron chi connectivity index (χ0n) is 19.1. The van der Waals surface area contributed by atoms with E-state index in [0.29, 0.717) is 17.9 Å². The Morgan fingerprint density at radius 3 is 2.62 bits per heavy atom. The predicted molar refractivity (Wildman–Crippen MR) is 130 cm³/mol. The molecule has 1 unspecified atom stereocenters. The molecule has 0 saturated heterocycles. The van der Waals surface area contributed by atoms with Crippen molar-refractivity contribution in [2.75, 3.05) is 0 Å². The van der Waals surface area contributed by atoms with Gasteiger partial charge in [-0.1, -0.05) is 37.1 Å². The highest BCUT2D eigenvalue weighted by Gasteiger charge is 2.23. The fourth-order valence-electron chi connectivity index (χ4n) is 4.01. The number of benzene rings is 2. The maximum absolute atomic E-state index is 12.9. The van der Waals surface area contributed by atoms with Crippen molar-refractivity contribution in [2.45, 2.75) is 56.2 Å². The Morgan fingerprint density at radius 1 is 1.06 bits per heavy atom. The number of nitrogens with zero attached hydrogens (tertiary/aromatic N) is 1. The summed E-state index contributed by atoms with van der Waals surface area (Å²) >= 11 is 0. The van der Waals surface area contributed by atoms with Crippen molar-refractivity contribution < 1.29 is 17.9 Å². The van der Waals surface area contributed by atoms with Crippen LogP contribution >= 0.6 is 0 Å². The second kappa shape index (κ2) is 10.8. The van der Waals surface area contributed by atoms with Crippen LogP contribution in [0.5, 0.6) is 5.75 Å². The van der Waals surface area contributed by atoms with Gasteiger partial charge in [-0.15, -0.1) is 0 Å². The molecular weight excluding hydrogens is 450 g/mol. The van der Waals surface area contributed by atoms with Crippen LogP contribution in [0.2, 0.25) is 0 Å². The van der Waals surface area contributed by atoms with Crippen LogP contribution in [0.15, 0.2) is 77.8 Å². The van der Waals surface area contributed by atoms with Gasteiger partial charge in [-0.2, -0.15) is 0 Å². The van der Waals surface area contributed by atoms with Gasteiger partial charge in [-0.05, 0) is 67.8 Å². The lowest BCUT2D eigenvalue weighted by Gasteiger charge is -2.16. The Labute approximate surface area is 200 Å². The van der Waals surface area contributed by atoms with Crippen molar-refractivity contribution in [3.63, 3.8) is 0 Å². The summed E-state index contributed by atoms with van der Waals surface area (Å²) in [6.07, 6.45) is 5.48. The van der Waals surface area contributed by atoms with E-state index in [1.165, 1.54) is 12.1 Å². The van der Waals surface area contributed by atoms with Crippen LogP contribution in [0, 0.1) is 0 Å². The first-order valence-electron chi connectivity index (χ1n) is 11.5. The Hall–Kier alpha value is -3.23. The number of ether oxygens (including phenoxy) is 1. The molecule has 4 rings (SSSR count). The SMILES string of the molecule is CC(NC(=O)c1cccc(S(=O)(=O)NC2CCCC2)c1)c1cccc(OCc2ccccn2)c1. The lowest BCUT2D eigenvalue weighted by atomic mass is 10.1. The second-order valence-corrected chi connectivity index (χ2v) is 10.2. The largest absolute Gasteiger partial charge is 0.487 e. The Balaban J connectivity index is 1.40. The maximum atomic E-state index is 12.9. The molecule has 1 aromatic heterocycles. The van der Waals surface area contributed by atoms with E-state index in [-0.39, 0.29) is 22.9 Å². The molecule has 178 valence electrons. The zero-order chi connectivity index (χ0) is 24.0. The minimum atomic E-state index is -3.67. The average Bonchev–Trinajstić information content (AvgIpc) is 3.36. The fourth-order valence-corrected chi connectivity index (χ4v) is 5.36. The molecule has 0 spiro atoms. The summed E-state index contributed by atoms with van der Waals surface area (Å²) < 4.78 is 34.1. The van der Waals surface area contributed by atoms with Crippen LogP contribution in [0.1, 0.15) is 60.3 Å². The molecule has 0 aliphatic heterocycles. The van der Waals surface area contributed by atoms with Crippen molar-refractivity contribution in [3.8, 4) is 5.75 Å². The molecule has 8 heteroatoms. The standard InChI is InChI=1S/C26H29N3O4S/c1-19(20-8-6-13-24(16-20)33-18-23-12-4-5-15-27-23)28-26(30)21-9-7-14-25(17-21)34(31,32)29-22-10-2-3-11-22/h4-9,12-17,19,22,29H,2-3,10-11,18H2,1H3,(H,28,30). The van der Waals surface area contributed by atoms with Gasteiger partial charge in [0.1, 0.15) is 12.4 Å². The smallest absolute Gasteiger partial charge is 0.251 e. The first-order valence-corrected chi connectivity index (χ1v) is 12.9. The summed E-state index contributed by atoms with van der Waals surface area (Å²) in [4.78, 5) is 17.2. The molecule has 1 amide bonds. The Bertz CT molecular complexity index is 1230. The second-order valence-electron chi connectivity index (χ2n) is 8.51. The summed E-state index contributed by atoms with van der Waals surface area (Å²) in [5.74, 6) is 0.334. The molecule has 0 bridgehead atoms. The minimum Gasteiger partial charge on any atom is -0.487 e. The lowest BCUT2D eigenvalue weighted by molar-refractivity contribution is 0.0939. The number of rotatable bonds is 9. The quantitative estimate of drug-likeness (QED) is 0.475. The minimum absolute atomic E-state index is 0.0327. The number of nitrogens with one attached hydrogen (secondary N) is 2. The number of carbonyl (C=O) groups is 1. The number of hydrogen-bond acceptors (Lipinski definition) is 5. The number of carbonyl (C=O) groups excluding carboxylic acids is 1. The van der Waals surface area contributed by atoms with Gasteiger partial charge in [0.2, 0.25) is 10.0 Å². The first kappa shape index (κ1) is 23.9. The van der Waals surface area contributed by atoms with Crippen LogP contribution < -0.4 is 14.8 Å². The molecule has 1 fully saturated rings. The van der Waals surface area contributed by atoms with Crippen molar-refractivity contribution in [3.05, 3.63) is 89.7 Å². The molecule has 2 N–H and O–H groups in total. The average molecular weight is 480 g/mol. The van der Waals surface area contributed by atoms with Gasteiger partial charge < -0.3 is 10.1 Å². The van der Waals surface area contributed by atoms with Gasteiger partial charge in [0.25, 0.3) is 5.91 Å². The highest BCUT2D eigenvalue weighted by atomic mass is 32.2. The highest BCUT2D eigenvalue weighted by molar-refractivity contribution is 7.89. The summed E-state index contributed by atoms with van der Waals surface area (Å²) in [6, 6.07) is 19.0. The van der Waals surface area contributed by atoms with E-state index in [1.54, 1.807) is 18.3 Å². The molecule has 7 nitrogen and oxygen atoms in total. The molecule has 1 saturated carbocycles. The van der Waals surface area contributed by atoms with Gasteiger partial charge in [0.05, 0.1) is 16.6 Å². The molecular formula is C26H29N3O4S. The molecule has 2 aromatic carbocycles. The number of pyridine rings is 1. The summed E-state index contributed by atoms with van der Waals surface area (Å²) in [5.41, 5.74) is 1.99. The molecule has 34 heavy (non-hydrogen) atoms. The van der Waals surface area contributed by atoms with Gasteiger partial charge in [-0.3, -0.25) is 9.78 Å². The third-order valence-electron chi connectivity index (χ3n) is 5.90. The van der Waals surface area contributed by atoms with Gasteiger partial charge in [0.15, 0.2) is 0 Å². The van der Waals surface area contributed by atoms with E-state index in [4.69, 9.17) is 4.74 Å². The molecule has 0 radical (unpaired) electrons. The Morgan fingerprint density at radius 2 is 1.85 bits per heavy atom. The third-order valence-corrected chi connectivity index (χ3v) is 7.42. The van der Waals surface area contributed by atoms with Crippen molar-refractivity contribution in [2.24, 2.45) is 0 Å². The van der Waals surface area contributed by atoms with Crippen LogP contribution in [0.3, 0.4) is 0 Å². The zero-order valence-corrected chi connectivity index (χ0v) is 19.9. The topological polar surface area (TPSA) is 97.4 Å². The molecule has 1 atom stereocenters. The van der Waals surface area contributed by atoms with E-state index in [0.717, 1.165) is 36.9 Å². The normalized spacial score (nSPS) is 15.1. The molecule has 1 aliphatic rings. The van der Waals surface area contributed by atoms with E-state index in [1.807, 2.05) is 49.4 Å². The summed E-state index contributed by atoms with van der Waals surface area (Å²) in [5, 5.41) is 2.94. The van der Waals surface area contributed by atoms with Crippen molar-refractivity contribution >= 4 is 15.9 Å². The van der Waals surface area contributed by atoms with Gasteiger partial charge in [0, 0.05) is 17.8 Å². The van der Waals surface area contributed by atoms with Crippen LogP contribution in [0.4, 0.5) is 0 Å². The molecule has 1 heterocycles. The number of amides is 1. The van der Waals surface area contributed by atoms with E-state index in [2.05, 4.69) is 15.0 Å². The maximum Gasteiger partial charge on any atom is 0.251 e. The van der Waals surface area contributed by atoms with Crippen molar-refractivity contribution in [1.29, 1.82) is 0 Å². The van der Waals surface area contributed by atoms with Gasteiger partial charge >= 0.3 is 0 Å². The number of hydrogen-bond donors (Lipinski definition) is 2.